The van der Waals surface area contributed by atoms with Gasteiger partial charge in [0.05, 0.1) is 0 Å². The number of nitrogens with two attached hydrogens (primary N) is 2. The average molecular weight is 309 g/mol. The summed E-state index contributed by atoms with van der Waals surface area (Å²) in [6.07, 6.45) is 4.84. The van der Waals surface area contributed by atoms with Crippen molar-refractivity contribution in [2.24, 2.45) is 11.5 Å². The molecule has 1 atom stereocenters. The number of anilines is 1. The topological polar surface area (TPSA) is 72.3 Å². The van der Waals surface area contributed by atoms with E-state index in [-0.39, 0.29) is 11.9 Å². The molecule has 1 aromatic rings. The van der Waals surface area contributed by atoms with Crippen LogP contribution in [0.15, 0.2) is 23.1 Å². The van der Waals surface area contributed by atoms with Crippen LogP contribution >= 0.6 is 24.0 Å². The van der Waals surface area contributed by atoms with Crippen molar-refractivity contribution < 1.29 is 4.79 Å². The highest BCUT2D eigenvalue weighted by molar-refractivity contribution is 7.98. The lowest BCUT2D eigenvalue weighted by molar-refractivity contribution is -0.119. The SMILES string of the molecule is CSc1cccc(N2CCCCC2C(N)=O)c1C(N)=S. The minimum Gasteiger partial charge on any atom is -0.389 e. The molecule has 2 rings (SSSR count). The van der Waals surface area contributed by atoms with Gasteiger partial charge in [-0.05, 0) is 37.7 Å². The molecule has 4 N–H and O–H groups in total. The summed E-state index contributed by atoms with van der Waals surface area (Å²) in [4.78, 5) is 15.1. The van der Waals surface area contributed by atoms with E-state index in [1.807, 2.05) is 24.5 Å². The van der Waals surface area contributed by atoms with E-state index in [9.17, 15) is 4.79 Å². The standard InChI is InChI=1S/C14H19N3OS2/c1-20-11-7-4-6-9(12(11)14(16)19)17-8-3-2-5-10(17)13(15)18/h4,6-7,10H,2-3,5,8H2,1H3,(H2,15,18)(H2,16,19). The van der Waals surface area contributed by atoms with Gasteiger partial charge in [0.25, 0.3) is 0 Å². The summed E-state index contributed by atoms with van der Waals surface area (Å²) in [6.45, 7) is 0.807. The molecule has 108 valence electrons. The van der Waals surface area contributed by atoms with Crippen LogP contribution in [0.25, 0.3) is 0 Å². The number of piperidine rings is 1. The van der Waals surface area contributed by atoms with Gasteiger partial charge in [0.2, 0.25) is 5.91 Å². The number of benzene rings is 1. The van der Waals surface area contributed by atoms with Crippen LogP contribution in [0.5, 0.6) is 0 Å². The fourth-order valence-corrected chi connectivity index (χ4v) is 3.60. The van der Waals surface area contributed by atoms with Gasteiger partial charge in [-0.2, -0.15) is 0 Å². The molecule has 0 aromatic heterocycles. The van der Waals surface area contributed by atoms with E-state index in [0.717, 1.165) is 42.0 Å². The molecule has 0 aliphatic carbocycles. The lowest BCUT2D eigenvalue weighted by atomic mass is 9.99. The van der Waals surface area contributed by atoms with E-state index in [2.05, 4.69) is 4.90 Å². The predicted octanol–water partition coefficient (Wildman–Crippen LogP) is 1.89. The molecule has 0 bridgehead atoms. The molecule has 0 saturated carbocycles. The highest BCUT2D eigenvalue weighted by atomic mass is 32.2. The fraction of sp³-hybridized carbons (Fsp3) is 0.429. The van der Waals surface area contributed by atoms with E-state index in [4.69, 9.17) is 23.7 Å². The highest BCUT2D eigenvalue weighted by Crippen LogP contribution is 2.33. The van der Waals surface area contributed by atoms with E-state index in [1.54, 1.807) is 11.8 Å². The number of carbonyl (C=O) groups is 1. The number of carbonyl (C=O) groups excluding carboxylic acids is 1. The Morgan fingerprint density at radius 1 is 1.40 bits per heavy atom. The summed E-state index contributed by atoms with van der Waals surface area (Å²) in [5.41, 5.74) is 13.2. The van der Waals surface area contributed by atoms with Crippen molar-refractivity contribution in [2.45, 2.75) is 30.2 Å². The van der Waals surface area contributed by atoms with Crippen LogP contribution in [-0.2, 0) is 4.79 Å². The summed E-state index contributed by atoms with van der Waals surface area (Å²) in [5.74, 6) is -0.284. The number of hydrogen-bond acceptors (Lipinski definition) is 4. The molecule has 1 saturated heterocycles. The zero-order valence-corrected chi connectivity index (χ0v) is 13.1. The molecule has 1 aliphatic rings. The third-order valence-corrected chi connectivity index (χ3v) is 4.60. The number of primary amides is 1. The van der Waals surface area contributed by atoms with Gasteiger partial charge in [-0.1, -0.05) is 18.3 Å². The third kappa shape index (κ3) is 2.91. The van der Waals surface area contributed by atoms with Crippen molar-refractivity contribution >= 4 is 40.6 Å². The van der Waals surface area contributed by atoms with Gasteiger partial charge in [0.15, 0.2) is 0 Å². The first-order chi connectivity index (χ1) is 9.56. The Balaban J connectivity index is 2.50. The summed E-state index contributed by atoms with van der Waals surface area (Å²) in [7, 11) is 0. The Morgan fingerprint density at radius 2 is 2.15 bits per heavy atom. The smallest absolute Gasteiger partial charge is 0.240 e. The second-order valence-electron chi connectivity index (χ2n) is 4.83. The number of hydrogen-bond donors (Lipinski definition) is 2. The monoisotopic (exact) mass is 309 g/mol. The summed E-state index contributed by atoms with van der Waals surface area (Å²) < 4.78 is 0. The predicted molar refractivity (Wildman–Crippen MR) is 88.3 cm³/mol. The van der Waals surface area contributed by atoms with Gasteiger partial charge in [-0.3, -0.25) is 4.79 Å². The molecule has 0 spiro atoms. The average Bonchev–Trinajstić information content (AvgIpc) is 2.46. The highest BCUT2D eigenvalue weighted by Gasteiger charge is 2.29. The lowest BCUT2D eigenvalue weighted by Crippen LogP contribution is -2.48. The lowest BCUT2D eigenvalue weighted by Gasteiger charge is -2.37. The number of rotatable bonds is 4. The molecule has 1 fully saturated rings. The van der Waals surface area contributed by atoms with Crippen LogP contribution in [0.3, 0.4) is 0 Å². The zero-order chi connectivity index (χ0) is 14.7. The maximum Gasteiger partial charge on any atom is 0.240 e. The van der Waals surface area contributed by atoms with Crippen LogP contribution < -0.4 is 16.4 Å². The van der Waals surface area contributed by atoms with E-state index >= 15 is 0 Å². The van der Waals surface area contributed by atoms with E-state index < -0.39 is 0 Å². The van der Waals surface area contributed by atoms with Gasteiger partial charge in [0, 0.05) is 22.7 Å². The van der Waals surface area contributed by atoms with Crippen LogP contribution in [-0.4, -0.2) is 29.7 Å². The molecular formula is C14H19N3OS2. The number of thiocarbonyl (C=S) groups is 1. The Morgan fingerprint density at radius 3 is 2.75 bits per heavy atom. The molecule has 1 aromatic carbocycles. The van der Waals surface area contributed by atoms with Crippen molar-refractivity contribution in [1.82, 2.24) is 0 Å². The minimum atomic E-state index is -0.284. The van der Waals surface area contributed by atoms with Crippen LogP contribution in [0, 0.1) is 0 Å². The van der Waals surface area contributed by atoms with Crippen LogP contribution in [0.1, 0.15) is 24.8 Å². The molecule has 6 heteroatoms. The third-order valence-electron chi connectivity index (χ3n) is 3.61. The number of amides is 1. The quantitative estimate of drug-likeness (QED) is 0.656. The van der Waals surface area contributed by atoms with Crippen molar-refractivity contribution in [1.29, 1.82) is 0 Å². The van der Waals surface area contributed by atoms with E-state index in [1.165, 1.54) is 0 Å². The molecule has 20 heavy (non-hydrogen) atoms. The molecule has 4 nitrogen and oxygen atoms in total. The Labute approximate surface area is 128 Å². The maximum absolute atomic E-state index is 11.7. The minimum absolute atomic E-state index is 0.269. The molecule has 1 heterocycles. The summed E-state index contributed by atoms with van der Waals surface area (Å²) >= 11 is 6.80. The fourth-order valence-electron chi connectivity index (χ4n) is 2.69. The molecular weight excluding hydrogens is 290 g/mol. The maximum atomic E-state index is 11.7. The zero-order valence-electron chi connectivity index (χ0n) is 11.5. The summed E-state index contributed by atoms with van der Waals surface area (Å²) in [6, 6.07) is 5.66. The van der Waals surface area contributed by atoms with Crippen LogP contribution in [0.4, 0.5) is 5.69 Å². The van der Waals surface area contributed by atoms with Gasteiger partial charge >= 0.3 is 0 Å². The normalized spacial score (nSPS) is 18.9. The first-order valence-electron chi connectivity index (χ1n) is 6.59. The van der Waals surface area contributed by atoms with E-state index in [0.29, 0.717) is 4.99 Å². The first-order valence-corrected chi connectivity index (χ1v) is 8.22. The van der Waals surface area contributed by atoms with Gasteiger partial charge in [0.1, 0.15) is 11.0 Å². The molecule has 1 amide bonds. The van der Waals surface area contributed by atoms with Gasteiger partial charge in [-0.25, -0.2) is 0 Å². The number of thioether (sulfide) groups is 1. The largest absolute Gasteiger partial charge is 0.389 e. The van der Waals surface area contributed by atoms with Crippen molar-refractivity contribution in [2.75, 3.05) is 17.7 Å². The second-order valence-corrected chi connectivity index (χ2v) is 6.11. The van der Waals surface area contributed by atoms with Gasteiger partial charge in [-0.15, -0.1) is 11.8 Å². The molecule has 0 radical (unpaired) electrons. The Bertz CT molecular complexity index is 533. The summed E-state index contributed by atoms with van der Waals surface area (Å²) in [5, 5.41) is 0. The van der Waals surface area contributed by atoms with Crippen molar-refractivity contribution in [3.05, 3.63) is 23.8 Å². The van der Waals surface area contributed by atoms with Gasteiger partial charge < -0.3 is 16.4 Å². The van der Waals surface area contributed by atoms with Crippen molar-refractivity contribution in [3.8, 4) is 0 Å². The number of nitrogens with zero attached hydrogens (tertiary/aromatic N) is 1. The van der Waals surface area contributed by atoms with Crippen molar-refractivity contribution in [3.63, 3.8) is 0 Å². The first kappa shape index (κ1) is 15.1. The Hall–Kier alpha value is -1.27. The molecule has 1 aliphatic heterocycles. The Kier molecular flexibility index (Phi) is 4.88. The van der Waals surface area contributed by atoms with Crippen LogP contribution in [0.2, 0.25) is 0 Å². The molecule has 1 unspecified atom stereocenters. The second kappa shape index (κ2) is 6.45.